The van der Waals surface area contributed by atoms with E-state index in [-0.39, 0.29) is 36.7 Å². The van der Waals surface area contributed by atoms with Crippen molar-refractivity contribution < 1.29 is 43.6 Å². The van der Waals surface area contributed by atoms with Crippen molar-refractivity contribution >= 4 is 10.1 Å². The van der Waals surface area contributed by atoms with Crippen molar-refractivity contribution in [3.8, 4) is 5.75 Å². The molecule has 0 aliphatic heterocycles. The minimum Gasteiger partial charge on any atom is -1.00 e. The summed E-state index contributed by atoms with van der Waals surface area (Å²) in [5, 5.41) is 0. The average molecular weight is 252 g/mol. The topological polar surface area (TPSA) is 43.4 Å². The maximum atomic E-state index is 11.5. The molecule has 16 heavy (non-hydrogen) atoms. The molecule has 0 spiro atoms. The number of para-hydroxylation sites is 1. The van der Waals surface area contributed by atoms with Gasteiger partial charge in [0.1, 0.15) is 5.75 Å². The zero-order chi connectivity index (χ0) is 11.1. The standard InChI is InChI=1S/C11H16O3S.Na.H/c1-2-3-7-10-15(12,13)14-11-8-5-4-6-9-11;;/h4-6,8-9H,2-3,7,10H2,1H3;;/q;+1;-1. The summed E-state index contributed by atoms with van der Waals surface area (Å²) in [6.45, 7) is 2.03. The first-order valence-corrected chi connectivity index (χ1v) is 6.69. The SMILES string of the molecule is CCCCCS(=O)(=O)Oc1ccccc1.[H-].[Na+]. The quantitative estimate of drug-likeness (QED) is 0.397. The Morgan fingerprint density at radius 3 is 2.38 bits per heavy atom. The van der Waals surface area contributed by atoms with Crippen molar-refractivity contribution in [3.05, 3.63) is 30.3 Å². The molecule has 1 rings (SSSR count). The van der Waals surface area contributed by atoms with Gasteiger partial charge >= 0.3 is 39.7 Å². The molecular formula is C11H17NaO3S. The molecule has 0 unspecified atom stereocenters. The number of unbranched alkanes of at least 4 members (excludes halogenated alkanes) is 2. The van der Waals surface area contributed by atoms with E-state index in [1.165, 1.54) is 0 Å². The van der Waals surface area contributed by atoms with Crippen molar-refractivity contribution in [2.45, 2.75) is 26.2 Å². The van der Waals surface area contributed by atoms with Gasteiger partial charge in [-0.1, -0.05) is 38.0 Å². The van der Waals surface area contributed by atoms with Crippen LogP contribution in [0.15, 0.2) is 30.3 Å². The van der Waals surface area contributed by atoms with Gasteiger partial charge in [0.15, 0.2) is 0 Å². The first-order chi connectivity index (χ1) is 7.14. The van der Waals surface area contributed by atoms with E-state index in [0.29, 0.717) is 12.2 Å². The summed E-state index contributed by atoms with van der Waals surface area (Å²) in [4.78, 5) is 0. The second kappa shape index (κ2) is 8.12. The maximum Gasteiger partial charge on any atom is 1.00 e. The summed E-state index contributed by atoms with van der Waals surface area (Å²) in [5.41, 5.74) is 0. The minimum atomic E-state index is -3.41. The largest absolute Gasteiger partial charge is 1.00 e. The third-order valence-electron chi connectivity index (χ3n) is 1.96. The smallest absolute Gasteiger partial charge is 1.00 e. The maximum absolute atomic E-state index is 11.5. The fourth-order valence-electron chi connectivity index (χ4n) is 1.19. The molecule has 0 fully saturated rings. The van der Waals surface area contributed by atoms with Crippen LogP contribution in [0, 0.1) is 0 Å². The van der Waals surface area contributed by atoms with Gasteiger partial charge in [-0.15, -0.1) is 0 Å². The van der Waals surface area contributed by atoms with E-state index in [4.69, 9.17) is 4.18 Å². The van der Waals surface area contributed by atoms with Gasteiger partial charge in [-0.25, -0.2) is 0 Å². The second-order valence-electron chi connectivity index (χ2n) is 3.37. The molecular weight excluding hydrogens is 235 g/mol. The van der Waals surface area contributed by atoms with Crippen LogP contribution in [0.4, 0.5) is 0 Å². The van der Waals surface area contributed by atoms with E-state index in [9.17, 15) is 8.42 Å². The van der Waals surface area contributed by atoms with Gasteiger partial charge in [0.25, 0.3) is 0 Å². The summed E-state index contributed by atoms with van der Waals surface area (Å²) in [6.07, 6.45) is 2.57. The zero-order valence-electron chi connectivity index (χ0n) is 10.8. The number of rotatable bonds is 6. The molecule has 3 nitrogen and oxygen atoms in total. The van der Waals surface area contributed by atoms with Crippen LogP contribution in [-0.2, 0) is 10.1 Å². The van der Waals surface area contributed by atoms with E-state index in [1.807, 2.05) is 13.0 Å². The molecule has 0 aliphatic rings. The molecule has 0 saturated heterocycles. The second-order valence-corrected chi connectivity index (χ2v) is 5.06. The molecule has 0 amide bonds. The first kappa shape index (κ1) is 16.0. The van der Waals surface area contributed by atoms with Gasteiger partial charge in [0, 0.05) is 0 Å². The van der Waals surface area contributed by atoms with Crippen LogP contribution in [0.3, 0.4) is 0 Å². The molecule has 0 aliphatic carbocycles. The Bertz CT molecular complexity index is 381. The Morgan fingerprint density at radius 2 is 1.81 bits per heavy atom. The van der Waals surface area contributed by atoms with Gasteiger partial charge in [0.05, 0.1) is 5.75 Å². The molecule has 5 heteroatoms. The van der Waals surface area contributed by atoms with Gasteiger partial charge in [-0.05, 0) is 18.6 Å². The fraction of sp³-hybridized carbons (Fsp3) is 0.455. The van der Waals surface area contributed by atoms with Crippen molar-refractivity contribution in [1.29, 1.82) is 0 Å². The Hall–Kier alpha value is -0.0300. The van der Waals surface area contributed by atoms with Crippen LogP contribution in [0.5, 0.6) is 5.75 Å². The van der Waals surface area contributed by atoms with Crippen molar-refractivity contribution in [2.75, 3.05) is 5.75 Å². The molecule has 0 atom stereocenters. The molecule has 1 aromatic rings. The van der Waals surface area contributed by atoms with E-state index in [1.54, 1.807) is 24.3 Å². The normalized spacial score (nSPS) is 10.6. The minimum absolute atomic E-state index is 0. The van der Waals surface area contributed by atoms with Crippen LogP contribution >= 0.6 is 0 Å². The van der Waals surface area contributed by atoms with Crippen LogP contribution < -0.4 is 33.7 Å². The van der Waals surface area contributed by atoms with E-state index < -0.39 is 10.1 Å². The molecule has 1 aromatic carbocycles. The van der Waals surface area contributed by atoms with Crippen LogP contribution in [-0.4, -0.2) is 14.2 Å². The van der Waals surface area contributed by atoms with Gasteiger partial charge in [-0.3, -0.25) is 0 Å². The van der Waals surface area contributed by atoms with E-state index in [2.05, 4.69) is 0 Å². The van der Waals surface area contributed by atoms with E-state index in [0.717, 1.165) is 12.8 Å². The molecule has 0 radical (unpaired) electrons. The van der Waals surface area contributed by atoms with Gasteiger partial charge < -0.3 is 5.61 Å². The number of hydrogen-bond acceptors (Lipinski definition) is 3. The predicted octanol–water partition coefficient (Wildman–Crippen LogP) is -0.298. The summed E-state index contributed by atoms with van der Waals surface area (Å²) >= 11 is 0. The van der Waals surface area contributed by atoms with Crippen LogP contribution in [0.25, 0.3) is 0 Å². The predicted molar refractivity (Wildman–Crippen MR) is 61.5 cm³/mol. The third kappa shape index (κ3) is 6.53. The molecule has 0 N–H and O–H groups in total. The molecule has 0 heterocycles. The van der Waals surface area contributed by atoms with Gasteiger partial charge in [-0.2, -0.15) is 8.42 Å². The van der Waals surface area contributed by atoms with Crippen LogP contribution in [0.1, 0.15) is 27.6 Å². The van der Waals surface area contributed by atoms with Crippen molar-refractivity contribution in [1.82, 2.24) is 0 Å². The Labute approximate surface area is 121 Å². The number of hydrogen-bond donors (Lipinski definition) is 0. The Kier molecular flexibility index (Phi) is 8.10. The summed E-state index contributed by atoms with van der Waals surface area (Å²) in [7, 11) is -3.41. The van der Waals surface area contributed by atoms with Crippen molar-refractivity contribution in [2.24, 2.45) is 0 Å². The number of benzene rings is 1. The van der Waals surface area contributed by atoms with E-state index >= 15 is 0 Å². The summed E-state index contributed by atoms with van der Waals surface area (Å²) in [6, 6.07) is 8.58. The van der Waals surface area contributed by atoms with Crippen molar-refractivity contribution in [3.63, 3.8) is 0 Å². The average Bonchev–Trinajstić information content (AvgIpc) is 2.18. The fourth-order valence-corrected chi connectivity index (χ4v) is 2.24. The third-order valence-corrected chi connectivity index (χ3v) is 3.20. The van der Waals surface area contributed by atoms with Gasteiger partial charge in [0.2, 0.25) is 0 Å². The summed E-state index contributed by atoms with van der Waals surface area (Å²) in [5.74, 6) is 0.476. The monoisotopic (exact) mass is 252 g/mol. The Morgan fingerprint density at radius 1 is 1.19 bits per heavy atom. The molecule has 0 bridgehead atoms. The first-order valence-electron chi connectivity index (χ1n) is 5.11. The molecule has 0 aromatic heterocycles. The molecule has 0 saturated carbocycles. The molecule has 86 valence electrons. The Balaban J connectivity index is 0. The summed E-state index contributed by atoms with van der Waals surface area (Å²) < 4.78 is 27.8. The van der Waals surface area contributed by atoms with Crippen LogP contribution in [0.2, 0.25) is 0 Å². The zero-order valence-corrected chi connectivity index (χ0v) is 12.7.